The van der Waals surface area contributed by atoms with E-state index < -0.39 is 0 Å². The number of ether oxygens (including phenoxy) is 1. The fourth-order valence-corrected chi connectivity index (χ4v) is 2.83. The maximum atomic E-state index is 12.4. The second-order valence-corrected chi connectivity index (χ2v) is 6.14. The number of aromatic nitrogens is 4. The number of carbonyl (C=O) groups is 1. The molecule has 1 aliphatic rings. The van der Waals surface area contributed by atoms with E-state index in [-0.39, 0.29) is 12.1 Å². The van der Waals surface area contributed by atoms with Crippen molar-refractivity contribution in [2.75, 3.05) is 18.4 Å². The van der Waals surface area contributed by atoms with Crippen molar-refractivity contribution >= 4 is 11.8 Å². The van der Waals surface area contributed by atoms with Crippen molar-refractivity contribution in [3.8, 4) is 0 Å². The van der Waals surface area contributed by atoms with Gasteiger partial charge in [-0.2, -0.15) is 0 Å². The van der Waals surface area contributed by atoms with Crippen LogP contribution in [0.15, 0.2) is 30.6 Å². The zero-order valence-electron chi connectivity index (χ0n) is 14.5. The monoisotopic (exact) mass is 344 g/mol. The third-order valence-electron chi connectivity index (χ3n) is 4.08. The molecule has 0 spiro atoms. The molecule has 8 nitrogen and oxygen atoms in total. The smallest absolute Gasteiger partial charge is 0.323 e. The first-order valence-corrected chi connectivity index (χ1v) is 8.72. The Morgan fingerprint density at radius 1 is 1.44 bits per heavy atom. The van der Waals surface area contributed by atoms with E-state index in [1.165, 1.54) is 0 Å². The van der Waals surface area contributed by atoms with Gasteiger partial charge in [0, 0.05) is 25.8 Å². The number of nitrogens with one attached hydrogen (secondary N) is 1. The topological polar surface area (TPSA) is 85.2 Å². The summed E-state index contributed by atoms with van der Waals surface area (Å²) in [5, 5.41) is 10.8. The van der Waals surface area contributed by atoms with Gasteiger partial charge < -0.3 is 9.64 Å². The molecule has 2 aromatic rings. The molecule has 0 bridgehead atoms. The highest BCUT2D eigenvalue weighted by atomic mass is 16.5. The van der Waals surface area contributed by atoms with Crippen molar-refractivity contribution in [3.63, 3.8) is 0 Å². The predicted molar refractivity (Wildman–Crippen MR) is 93.0 cm³/mol. The number of hydrogen-bond donors (Lipinski definition) is 1. The standard InChI is InChI=1S/C17H24N6O2/c1-2-9-23-12-16(20-21-23)19-17(24)22-10-5-7-15(11-22)25-13-14-6-3-4-8-18-14/h3-4,6,8,12,15H,2,5,7,9-11,13H2,1H3,(H,19,24)/t15-/m0/s1. The van der Waals surface area contributed by atoms with Crippen molar-refractivity contribution in [3.05, 3.63) is 36.3 Å². The van der Waals surface area contributed by atoms with E-state index in [1.807, 2.05) is 18.2 Å². The molecule has 0 aromatic carbocycles. The first-order chi connectivity index (χ1) is 12.2. The molecule has 3 rings (SSSR count). The first kappa shape index (κ1) is 17.3. The fraction of sp³-hybridized carbons (Fsp3) is 0.529. The van der Waals surface area contributed by atoms with Gasteiger partial charge in [-0.3, -0.25) is 15.0 Å². The zero-order valence-corrected chi connectivity index (χ0v) is 14.5. The highest BCUT2D eigenvalue weighted by Crippen LogP contribution is 2.16. The van der Waals surface area contributed by atoms with Crippen LogP contribution in [-0.2, 0) is 17.9 Å². The molecule has 2 amide bonds. The summed E-state index contributed by atoms with van der Waals surface area (Å²) in [6.45, 7) is 4.61. The molecule has 0 unspecified atom stereocenters. The largest absolute Gasteiger partial charge is 0.370 e. The summed E-state index contributed by atoms with van der Waals surface area (Å²) in [7, 11) is 0. The molecule has 1 atom stereocenters. The molecule has 0 saturated carbocycles. The van der Waals surface area contributed by atoms with Crippen LogP contribution in [0.2, 0.25) is 0 Å². The van der Waals surface area contributed by atoms with Gasteiger partial charge in [0.15, 0.2) is 5.82 Å². The van der Waals surface area contributed by atoms with Crippen molar-refractivity contribution in [2.24, 2.45) is 0 Å². The Labute approximate surface area is 147 Å². The quantitative estimate of drug-likeness (QED) is 0.869. The molecule has 0 radical (unpaired) electrons. The molecule has 1 saturated heterocycles. The van der Waals surface area contributed by atoms with E-state index >= 15 is 0 Å². The molecule has 8 heteroatoms. The normalized spacial score (nSPS) is 17.5. The summed E-state index contributed by atoms with van der Waals surface area (Å²) in [5.74, 6) is 0.481. The van der Waals surface area contributed by atoms with Crippen LogP contribution in [0.25, 0.3) is 0 Å². The lowest BCUT2D eigenvalue weighted by Gasteiger charge is -2.32. The number of likely N-dealkylation sites (tertiary alicyclic amines) is 1. The average Bonchev–Trinajstić information content (AvgIpc) is 3.08. The van der Waals surface area contributed by atoms with Crippen LogP contribution >= 0.6 is 0 Å². The van der Waals surface area contributed by atoms with Gasteiger partial charge in [0.25, 0.3) is 0 Å². The minimum absolute atomic E-state index is 0.0253. The molecule has 1 N–H and O–H groups in total. The zero-order chi connectivity index (χ0) is 17.5. The summed E-state index contributed by atoms with van der Waals surface area (Å²) in [6.07, 6.45) is 6.37. The lowest BCUT2D eigenvalue weighted by molar-refractivity contribution is -0.000333. The number of urea groups is 1. The molecule has 0 aliphatic carbocycles. The Hall–Kier alpha value is -2.48. The highest BCUT2D eigenvalue weighted by molar-refractivity contribution is 5.88. The van der Waals surface area contributed by atoms with E-state index in [9.17, 15) is 4.79 Å². The van der Waals surface area contributed by atoms with Gasteiger partial charge >= 0.3 is 6.03 Å². The Bertz CT molecular complexity index is 675. The van der Waals surface area contributed by atoms with Crippen molar-refractivity contribution in [1.29, 1.82) is 0 Å². The number of piperidine rings is 1. The van der Waals surface area contributed by atoms with Gasteiger partial charge in [-0.15, -0.1) is 5.10 Å². The van der Waals surface area contributed by atoms with Gasteiger partial charge in [-0.1, -0.05) is 18.2 Å². The average molecular weight is 344 g/mol. The van der Waals surface area contributed by atoms with Crippen molar-refractivity contribution < 1.29 is 9.53 Å². The number of pyridine rings is 1. The summed E-state index contributed by atoms with van der Waals surface area (Å²) >= 11 is 0. The number of aryl methyl sites for hydroxylation is 1. The van der Waals surface area contributed by atoms with E-state index in [1.54, 1.807) is 22.0 Å². The van der Waals surface area contributed by atoms with E-state index in [4.69, 9.17) is 4.74 Å². The van der Waals surface area contributed by atoms with Crippen LogP contribution in [0, 0.1) is 0 Å². The molecule has 3 heterocycles. The Morgan fingerprint density at radius 2 is 2.36 bits per heavy atom. The summed E-state index contributed by atoms with van der Waals surface area (Å²) in [5.41, 5.74) is 0.900. The summed E-state index contributed by atoms with van der Waals surface area (Å²) < 4.78 is 7.65. The lowest BCUT2D eigenvalue weighted by Crippen LogP contribution is -2.45. The SMILES string of the molecule is CCCn1cc(NC(=O)N2CCC[C@H](OCc3ccccn3)C2)nn1. The second kappa shape index (κ2) is 8.57. The number of amides is 2. The number of nitrogens with zero attached hydrogens (tertiary/aromatic N) is 5. The first-order valence-electron chi connectivity index (χ1n) is 8.72. The number of hydrogen-bond acceptors (Lipinski definition) is 5. The van der Waals surface area contributed by atoms with Crippen molar-refractivity contribution in [2.45, 2.75) is 45.4 Å². The molecule has 1 fully saturated rings. The van der Waals surface area contributed by atoms with Crippen LogP contribution in [0.3, 0.4) is 0 Å². The Kier molecular flexibility index (Phi) is 5.95. The predicted octanol–water partition coefficient (Wildman–Crippen LogP) is 2.30. The van der Waals surface area contributed by atoms with Crippen LogP contribution < -0.4 is 5.32 Å². The fourth-order valence-electron chi connectivity index (χ4n) is 2.83. The maximum Gasteiger partial charge on any atom is 0.323 e. The van der Waals surface area contributed by atoms with Gasteiger partial charge in [-0.05, 0) is 31.4 Å². The molecular weight excluding hydrogens is 320 g/mol. The third kappa shape index (κ3) is 4.99. The Morgan fingerprint density at radius 3 is 3.16 bits per heavy atom. The summed E-state index contributed by atoms with van der Waals surface area (Å²) in [4.78, 5) is 18.4. The van der Waals surface area contributed by atoms with E-state index in [2.05, 4.69) is 27.5 Å². The molecular formula is C17H24N6O2. The van der Waals surface area contributed by atoms with Gasteiger partial charge in [-0.25, -0.2) is 4.79 Å². The molecule has 2 aromatic heterocycles. The molecule has 25 heavy (non-hydrogen) atoms. The molecule has 1 aliphatic heterocycles. The molecule has 134 valence electrons. The second-order valence-electron chi connectivity index (χ2n) is 6.14. The van der Waals surface area contributed by atoms with E-state index in [0.29, 0.717) is 19.0 Å². The Balaban J connectivity index is 1.49. The van der Waals surface area contributed by atoms with E-state index in [0.717, 1.165) is 38.0 Å². The number of carbonyl (C=O) groups excluding carboxylic acids is 1. The van der Waals surface area contributed by atoms with Crippen LogP contribution in [-0.4, -0.2) is 50.1 Å². The van der Waals surface area contributed by atoms with Crippen LogP contribution in [0.5, 0.6) is 0 Å². The van der Waals surface area contributed by atoms with Gasteiger partial charge in [0.05, 0.1) is 24.6 Å². The lowest BCUT2D eigenvalue weighted by atomic mass is 10.1. The third-order valence-corrected chi connectivity index (χ3v) is 4.08. The van der Waals surface area contributed by atoms with Crippen molar-refractivity contribution in [1.82, 2.24) is 24.9 Å². The van der Waals surface area contributed by atoms with Gasteiger partial charge in [0.2, 0.25) is 0 Å². The number of anilines is 1. The van der Waals surface area contributed by atoms with Crippen LogP contribution in [0.4, 0.5) is 10.6 Å². The minimum Gasteiger partial charge on any atom is -0.370 e. The maximum absolute atomic E-state index is 12.4. The minimum atomic E-state index is -0.158. The highest BCUT2D eigenvalue weighted by Gasteiger charge is 2.24. The summed E-state index contributed by atoms with van der Waals surface area (Å²) in [6, 6.07) is 5.60. The number of rotatable bonds is 6. The van der Waals surface area contributed by atoms with Crippen LogP contribution in [0.1, 0.15) is 31.9 Å². The van der Waals surface area contributed by atoms with Gasteiger partial charge in [0.1, 0.15) is 0 Å².